The van der Waals surface area contributed by atoms with Gasteiger partial charge in [0.05, 0.1) is 11.5 Å². The van der Waals surface area contributed by atoms with E-state index in [1.54, 1.807) is 17.5 Å². The summed E-state index contributed by atoms with van der Waals surface area (Å²) in [5.41, 5.74) is 4.32. The van der Waals surface area contributed by atoms with E-state index < -0.39 is 17.8 Å². The number of rotatable bonds is 1. The average Bonchev–Trinajstić information content (AvgIpc) is 3.04. The van der Waals surface area contributed by atoms with Crippen molar-refractivity contribution in [3.05, 3.63) is 45.1 Å². The first-order chi connectivity index (χ1) is 9.93. The van der Waals surface area contributed by atoms with Crippen molar-refractivity contribution in [3.63, 3.8) is 0 Å². The lowest BCUT2D eigenvalue weighted by atomic mass is 9.88. The van der Waals surface area contributed by atoms with Crippen LogP contribution in [0.3, 0.4) is 0 Å². The highest BCUT2D eigenvalue weighted by Crippen LogP contribution is 2.47. The Bertz CT molecular complexity index is 755. The van der Waals surface area contributed by atoms with Crippen molar-refractivity contribution >= 4 is 11.3 Å². The number of hydrogen-bond acceptors (Lipinski definition) is 5. The molecule has 3 heterocycles. The molecule has 0 aliphatic carbocycles. The maximum atomic E-state index is 13.1. The summed E-state index contributed by atoms with van der Waals surface area (Å²) < 4.78 is 44.3. The molecule has 1 aliphatic rings. The topological polar surface area (TPSA) is 87.7 Å². The van der Waals surface area contributed by atoms with Crippen molar-refractivity contribution in [1.82, 2.24) is 10.2 Å². The van der Waals surface area contributed by atoms with Gasteiger partial charge >= 0.3 is 6.18 Å². The van der Waals surface area contributed by atoms with E-state index in [-0.39, 0.29) is 22.9 Å². The molecule has 0 saturated heterocycles. The Morgan fingerprint density at radius 3 is 2.81 bits per heavy atom. The highest BCUT2D eigenvalue weighted by atomic mass is 32.1. The van der Waals surface area contributed by atoms with Gasteiger partial charge < -0.3 is 10.5 Å². The minimum atomic E-state index is -4.63. The van der Waals surface area contributed by atoms with Crippen LogP contribution < -0.4 is 10.5 Å². The maximum absolute atomic E-state index is 13.1. The number of halogens is 3. The molecule has 0 saturated carbocycles. The van der Waals surface area contributed by atoms with E-state index >= 15 is 0 Å². The Labute approximate surface area is 120 Å². The zero-order chi connectivity index (χ0) is 15.2. The standard InChI is InChI=1S/C12H7F3N4OS/c13-12(14,15)9-8-7(6-2-1-3-21-6)5(4-16)10(17)20-11(8)19-18-9/h1-3,7H,17H2,(H,18,19)/t7-/m1/s1. The fourth-order valence-corrected chi connectivity index (χ4v) is 3.04. The number of nitrogens with zero attached hydrogens (tertiary/aromatic N) is 2. The second-order valence-electron chi connectivity index (χ2n) is 4.26. The van der Waals surface area contributed by atoms with Crippen LogP contribution in [0.1, 0.15) is 22.1 Å². The number of ether oxygens (including phenoxy) is 1. The molecule has 9 heteroatoms. The van der Waals surface area contributed by atoms with Gasteiger partial charge in [-0.05, 0) is 11.4 Å². The van der Waals surface area contributed by atoms with Crippen molar-refractivity contribution in [3.8, 4) is 11.9 Å². The summed E-state index contributed by atoms with van der Waals surface area (Å²) in [5.74, 6) is -1.42. The minimum absolute atomic E-state index is 0.0585. The molecule has 1 aliphatic heterocycles. The molecule has 0 bridgehead atoms. The van der Waals surface area contributed by atoms with E-state index in [0.717, 1.165) is 0 Å². The molecular weight excluding hydrogens is 305 g/mol. The number of nitrogens with one attached hydrogen (secondary N) is 1. The summed E-state index contributed by atoms with van der Waals surface area (Å²) in [7, 11) is 0. The number of nitrogens with two attached hydrogens (primary N) is 1. The summed E-state index contributed by atoms with van der Waals surface area (Å²) in [6.07, 6.45) is -4.63. The van der Waals surface area contributed by atoms with Crippen molar-refractivity contribution < 1.29 is 17.9 Å². The SMILES string of the molecule is N#CC1=C(N)Oc2n[nH]c(C(F)(F)F)c2[C@H]1c1cccs1. The Kier molecular flexibility index (Phi) is 2.91. The third-order valence-electron chi connectivity index (χ3n) is 3.05. The second kappa shape index (κ2) is 4.53. The molecule has 21 heavy (non-hydrogen) atoms. The number of aromatic amines is 1. The van der Waals surface area contributed by atoms with Gasteiger partial charge in [0, 0.05) is 4.88 Å². The smallest absolute Gasteiger partial charge is 0.420 e. The molecule has 0 fully saturated rings. The first-order valence-corrected chi connectivity index (χ1v) is 6.58. The molecular formula is C12H7F3N4OS. The molecule has 108 valence electrons. The van der Waals surface area contributed by atoms with Crippen LogP contribution in [0.5, 0.6) is 5.88 Å². The molecule has 1 atom stereocenters. The summed E-state index contributed by atoms with van der Waals surface area (Å²) >= 11 is 1.23. The van der Waals surface area contributed by atoms with Gasteiger partial charge in [-0.25, -0.2) is 0 Å². The van der Waals surface area contributed by atoms with E-state index in [9.17, 15) is 18.4 Å². The lowest BCUT2D eigenvalue weighted by Gasteiger charge is -2.23. The lowest BCUT2D eigenvalue weighted by molar-refractivity contribution is -0.141. The molecule has 3 N–H and O–H groups in total. The highest BCUT2D eigenvalue weighted by molar-refractivity contribution is 7.10. The van der Waals surface area contributed by atoms with E-state index in [4.69, 9.17) is 10.5 Å². The Morgan fingerprint density at radius 1 is 1.48 bits per heavy atom. The fourth-order valence-electron chi connectivity index (χ4n) is 2.20. The van der Waals surface area contributed by atoms with Crippen LogP contribution in [0.15, 0.2) is 29.0 Å². The van der Waals surface area contributed by atoms with E-state index in [1.807, 2.05) is 11.2 Å². The quantitative estimate of drug-likeness (QED) is 0.847. The number of aromatic nitrogens is 2. The molecule has 2 aromatic rings. The molecule has 0 amide bonds. The van der Waals surface area contributed by atoms with E-state index in [0.29, 0.717) is 4.88 Å². The van der Waals surface area contributed by atoms with Crippen LogP contribution >= 0.6 is 11.3 Å². The van der Waals surface area contributed by atoms with Gasteiger partial charge in [0.1, 0.15) is 17.3 Å². The average molecular weight is 312 g/mol. The summed E-state index contributed by atoms with van der Waals surface area (Å²) in [6.45, 7) is 0. The van der Waals surface area contributed by atoms with Crippen LogP contribution in [-0.4, -0.2) is 10.2 Å². The van der Waals surface area contributed by atoms with E-state index in [2.05, 4.69) is 5.10 Å². The van der Waals surface area contributed by atoms with Crippen LogP contribution in [0.4, 0.5) is 13.2 Å². The Balaban J connectivity index is 2.26. The van der Waals surface area contributed by atoms with Crippen LogP contribution in [0.25, 0.3) is 0 Å². The molecule has 3 rings (SSSR count). The first kappa shape index (κ1) is 13.5. The van der Waals surface area contributed by atoms with Gasteiger partial charge in [-0.3, -0.25) is 5.10 Å². The third-order valence-corrected chi connectivity index (χ3v) is 3.99. The van der Waals surface area contributed by atoms with E-state index in [1.165, 1.54) is 11.3 Å². The third kappa shape index (κ3) is 2.04. The summed E-state index contributed by atoms with van der Waals surface area (Å²) in [6, 6.07) is 5.16. The Hall–Kier alpha value is -2.47. The number of nitriles is 1. The maximum Gasteiger partial charge on any atom is 0.433 e. The predicted octanol–water partition coefficient (Wildman–Crippen LogP) is 2.71. The minimum Gasteiger partial charge on any atom is -0.420 e. The van der Waals surface area contributed by atoms with Crippen LogP contribution in [0.2, 0.25) is 0 Å². The van der Waals surface area contributed by atoms with Gasteiger partial charge in [-0.1, -0.05) is 6.07 Å². The number of fused-ring (bicyclic) bond motifs is 1. The van der Waals surface area contributed by atoms with Gasteiger partial charge in [0.25, 0.3) is 0 Å². The normalized spacial score (nSPS) is 18.1. The summed E-state index contributed by atoms with van der Waals surface area (Å²) in [4.78, 5) is 0.561. The lowest BCUT2D eigenvalue weighted by Crippen LogP contribution is -2.22. The number of hydrogen-bond donors (Lipinski definition) is 2. The molecule has 0 unspecified atom stereocenters. The van der Waals surface area contributed by atoms with Crippen LogP contribution in [-0.2, 0) is 6.18 Å². The molecule has 5 nitrogen and oxygen atoms in total. The molecule has 2 aromatic heterocycles. The molecule has 0 radical (unpaired) electrons. The predicted molar refractivity (Wildman–Crippen MR) is 67.2 cm³/mol. The van der Waals surface area contributed by atoms with Gasteiger partial charge in [-0.2, -0.15) is 18.4 Å². The van der Waals surface area contributed by atoms with Crippen molar-refractivity contribution in [2.75, 3.05) is 0 Å². The first-order valence-electron chi connectivity index (χ1n) is 5.70. The zero-order valence-electron chi connectivity index (χ0n) is 10.2. The van der Waals surface area contributed by atoms with Crippen molar-refractivity contribution in [2.24, 2.45) is 5.73 Å². The van der Waals surface area contributed by atoms with Gasteiger partial charge in [0.15, 0.2) is 0 Å². The van der Waals surface area contributed by atoms with Crippen LogP contribution in [0, 0.1) is 11.3 Å². The highest BCUT2D eigenvalue weighted by Gasteiger charge is 2.44. The Morgan fingerprint density at radius 2 is 2.24 bits per heavy atom. The van der Waals surface area contributed by atoms with Gasteiger partial charge in [-0.15, -0.1) is 16.4 Å². The van der Waals surface area contributed by atoms with Gasteiger partial charge in [0.2, 0.25) is 11.8 Å². The number of H-pyrrole nitrogens is 1. The largest absolute Gasteiger partial charge is 0.433 e. The molecule has 0 spiro atoms. The fraction of sp³-hybridized carbons (Fsp3) is 0.167. The second-order valence-corrected chi connectivity index (χ2v) is 5.23. The number of thiophene rings is 1. The zero-order valence-corrected chi connectivity index (χ0v) is 11.0. The number of alkyl halides is 3. The van der Waals surface area contributed by atoms with Crippen molar-refractivity contribution in [2.45, 2.75) is 12.1 Å². The van der Waals surface area contributed by atoms with Crippen molar-refractivity contribution in [1.29, 1.82) is 5.26 Å². The molecule has 0 aromatic carbocycles. The monoisotopic (exact) mass is 312 g/mol. The number of allylic oxidation sites excluding steroid dienone is 1. The summed E-state index contributed by atoms with van der Waals surface area (Å²) in [5, 5.41) is 16.4.